The number of hydrogen-bond acceptors (Lipinski definition) is 3. The third kappa shape index (κ3) is 1.64. The van der Waals surface area contributed by atoms with E-state index in [1.165, 1.54) is 6.42 Å². The lowest BCUT2D eigenvalue weighted by Crippen LogP contribution is -2.68. The van der Waals surface area contributed by atoms with Crippen LogP contribution >= 0.6 is 0 Å². The predicted octanol–water partition coefficient (Wildman–Crippen LogP) is 2.30. The first-order valence-corrected chi connectivity index (χ1v) is 5.77. The molecule has 0 aromatic heterocycles. The van der Waals surface area contributed by atoms with Crippen LogP contribution in [0, 0.1) is 16.7 Å². The molecule has 1 aliphatic carbocycles. The molecule has 1 saturated heterocycles. The first-order valence-electron chi connectivity index (χ1n) is 5.77. The molecule has 4 nitrogen and oxygen atoms in total. The molecule has 16 heavy (non-hydrogen) atoms. The Labute approximate surface area is 96.2 Å². The highest BCUT2D eigenvalue weighted by Crippen LogP contribution is 2.53. The molecule has 2 rings (SSSR count). The van der Waals surface area contributed by atoms with Crippen LogP contribution in [-0.2, 0) is 4.74 Å². The largest absolute Gasteiger partial charge is 0.444 e. The topological polar surface area (TPSA) is 53.3 Å². The minimum atomic E-state index is -0.487. The number of nitrogens with zero attached hydrogens (tertiary/aromatic N) is 2. The number of ether oxygens (including phenoxy) is 1. The van der Waals surface area contributed by atoms with Gasteiger partial charge in [0.1, 0.15) is 11.6 Å². The molecule has 0 aromatic carbocycles. The van der Waals surface area contributed by atoms with E-state index in [9.17, 15) is 4.79 Å². The number of carbonyl (C=O) groups excluding carboxylic acids is 1. The third-order valence-electron chi connectivity index (χ3n) is 3.48. The molecule has 4 heteroatoms. The Morgan fingerprint density at radius 1 is 1.50 bits per heavy atom. The summed E-state index contributed by atoms with van der Waals surface area (Å²) in [5.74, 6) is 0. The van der Waals surface area contributed by atoms with Gasteiger partial charge in [0.2, 0.25) is 0 Å². The summed E-state index contributed by atoms with van der Waals surface area (Å²) in [7, 11) is 0. The van der Waals surface area contributed by atoms with Crippen molar-refractivity contribution in [3.8, 4) is 6.07 Å². The molecule has 0 bridgehead atoms. The van der Waals surface area contributed by atoms with Crippen molar-refractivity contribution in [1.82, 2.24) is 4.90 Å². The lowest BCUT2D eigenvalue weighted by Gasteiger charge is -2.58. The number of nitriles is 1. The van der Waals surface area contributed by atoms with E-state index in [0.717, 1.165) is 12.8 Å². The molecule has 2 fully saturated rings. The highest BCUT2D eigenvalue weighted by molar-refractivity contribution is 5.71. The standard InChI is InChI=1S/C12H18N2O2/c1-11(2,3)16-10(15)14-8-12(5-4-6-12)9(14)7-13/h9H,4-6,8H2,1-3H3. The van der Waals surface area contributed by atoms with Crippen LogP contribution in [0.3, 0.4) is 0 Å². The van der Waals surface area contributed by atoms with Gasteiger partial charge in [0.05, 0.1) is 6.07 Å². The van der Waals surface area contributed by atoms with E-state index in [1.54, 1.807) is 4.90 Å². The Morgan fingerprint density at radius 3 is 2.50 bits per heavy atom. The predicted molar refractivity (Wildman–Crippen MR) is 58.6 cm³/mol. The van der Waals surface area contributed by atoms with Crippen LogP contribution in [-0.4, -0.2) is 29.2 Å². The van der Waals surface area contributed by atoms with E-state index in [-0.39, 0.29) is 17.6 Å². The molecule has 1 spiro atoms. The summed E-state index contributed by atoms with van der Waals surface area (Å²) in [5.41, 5.74) is -0.384. The molecule has 1 amide bonds. The zero-order valence-corrected chi connectivity index (χ0v) is 10.1. The Morgan fingerprint density at radius 2 is 2.12 bits per heavy atom. The van der Waals surface area contributed by atoms with Gasteiger partial charge in [0.25, 0.3) is 0 Å². The number of likely N-dealkylation sites (tertiary alicyclic amines) is 1. The highest BCUT2D eigenvalue weighted by Gasteiger charge is 2.58. The maximum atomic E-state index is 11.8. The van der Waals surface area contributed by atoms with Crippen molar-refractivity contribution in [3.63, 3.8) is 0 Å². The fourth-order valence-electron chi connectivity index (χ4n) is 2.49. The zero-order chi connectivity index (χ0) is 12.0. The lowest BCUT2D eigenvalue weighted by atomic mass is 9.58. The summed E-state index contributed by atoms with van der Waals surface area (Å²) in [5, 5.41) is 9.10. The second-order valence-electron chi connectivity index (χ2n) is 5.86. The molecule has 0 radical (unpaired) electrons. The fourth-order valence-corrected chi connectivity index (χ4v) is 2.49. The quantitative estimate of drug-likeness (QED) is 0.632. The molecule has 1 aliphatic heterocycles. The summed E-state index contributed by atoms with van der Waals surface area (Å²) in [6.07, 6.45) is 2.98. The molecule has 2 aliphatic rings. The molecule has 1 heterocycles. The van der Waals surface area contributed by atoms with E-state index in [4.69, 9.17) is 10.00 Å². The van der Waals surface area contributed by atoms with Gasteiger partial charge >= 0.3 is 6.09 Å². The van der Waals surface area contributed by atoms with Crippen molar-refractivity contribution in [3.05, 3.63) is 0 Å². The maximum Gasteiger partial charge on any atom is 0.411 e. The minimum Gasteiger partial charge on any atom is -0.444 e. The SMILES string of the molecule is CC(C)(C)OC(=O)N1CC2(CCC2)C1C#N. The van der Waals surface area contributed by atoms with Crippen LogP contribution in [0.2, 0.25) is 0 Å². The second-order valence-corrected chi connectivity index (χ2v) is 5.86. The Balaban J connectivity index is 1.98. The molecular formula is C12H18N2O2. The molecule has 88 valence electrons. The lowest BCUT2D eigenvalue weighted by molar-refractivity contribution is -0.0982. The number of carbonyl (C=O) groups is 1. The number of rotatable bonds is 0. The van der Waals surface area contributed by atoms with Gasteiger partial charge in [-0.2, -0.15) is 5.26 Å². The van der Waals surface area contributed by atoms with Crippen molar-refractivity contribution in [2.45, 2.75) is 51.7 Å². The number of amides is 1. The van der Waals surface area contributed by atoms with E-state index >= 15 is 0 Å². The van der Waals surface area contributed by atoms with E-state index < -0.39 is 5.60 Å². The summed E-state index contributed by atoms with van der Waals surface area (Å²) < 4.78 is 5.27. The summed E-state index contributed by atoms with van der Waals surface area (Å²) in [6.45, 7) is 6.21. The van der Waals surface area contributed by atoms with Gasteiger partial charge in [0, 0.05) is 12.0 Å². The molecular weight excluding hydrogens is 204 g/mol. The Hall–Kier alpha value is -1.24. The average Bonchev–Trinajstić information content (AvgIpc) is 1.96. The van der Waals surface area contributed by atoms with E-state index in [2.05, 4.69) is 6.07 Å². The van der Waals surface area contributed by atoms with Gasteiger partial charge < -0.3 is 4.74 Å². The molecule has 0 N–H and O–H groups in total. The normalized spacial score (nSPS) is 26.6. The zero-order valence-electron chi connectivity index (χ0n) is 10.1. The van der Waals surface area contributed by atoms with Crippen LogP contribution in [0.4, 0.5) is 4.79 Å². The van der Waals surface area contributed by atoms with Crippen LogP contribution < -0.4 is 0 Å². The monoisotopic (exact) mass is 222 g/mol. The van der Waals surface area contributed by atoms with Gasteiger partial charge in [-0.05, 0) is 33.6 Å². The first-order chi connectivity index (χ1) is 7.38. The Bertz CT molecular complexity index is 347. The molecule has 1 atom stereocenters. The molecule has 1 saturated carbocycles. The second kappa shape index (κ2) is 3.38. The van der Waals surface area contributed by atoms with Crippen LogP contribution in [0.15, 0.2) is 0 Å². The van der Waals surface area contributed by atoms with Gasteiger partial charge in [-0.25, -0.2) is 4.79 Å². The number of hydrogen-bond donors (Lipinski definition) is 0. The van der Waals surface area contributed by atoms with Gasteiger partial charge in [-0.3, -0.25) is 4.90 Å². The average molecular weight is 222 g/mol. The molecule has 0 aromatic rings. The summed E-state index contributed by atoms with van der Waals surface area (Å²) in [6, 6.07) is 1.97. The van der Waals surface area contributed by atoms with Gasteiger partial charge in [-0.15, -0.1) is 0 Å². The van der Waals surface area contributed by atoms with Gasteiger partial charge in [-0.1, -0.05) is 6.42 Å². The molecule has 1 unspecified atom stereocenters. The van der Waals surface area contributed by atoms with Crippen molar-refractivity contribution in [2.24, 2.45) is 5.41 Å². The first kappa shape index (κ1) is 11.3. The van der Waals surface area contributed by atoms with E-state index in [1.807, 2.05) is 20.8 Å². The Kier molecular flexibility index (Phi) is 2.37. The van der Waals surface area contributed by atoms with Crippen molar-refractivity contribution in [2.75, 3.05) is 6.54 Å². The van der Waals surface area contributed by atoms with Crippen LogP contribution in [0.1, 0.15) is 40.0 Å². The summed E-state index contributed by atoms with van der Waals surface area (Å²) >= 11 is 0. The smallest absolute Gasteiger partial charge is 0.411 e. The van der Waals surface area contributed by atoms with Crippen molar-refractivity contribution < 1.29 is 9.53 Å². The highest BCUT2D eigenvalue weighted by atomic mass is 16.6. The van der Waals surface area contributed by atoms with Gasteiger partial charge in [0.15, 0.2) is 0 Å². The third-order valence-corrected chi connectivity index (χ3v) is 3.48. The fraction of sp³-hybridized carbons (Fsp3) is 0.833. The summed E-state index contributed by atoms with van der Waals surface area (Å²) in [4.78, 5) is 13.4. The minimum absolute atomic E-state index is 0.103. The van der Waals surface area contributed by atoms with Crippen molar-refractivity contribution >= 4 is 6.09 Å². The van der Waals surface area contributed by atoms with E-state index in [0.29, 0.717) is 6.54 Å². The van der Waals surface area contributed by atoms with Crippen LogP contribution in [0.25, 0.3) is 0 Å². The van der Waals surface area contributed by atoms with Crippen LogP contribution in [0.5, 0.6) is 0 Å². The van der Waals surface area contributed by atoms with Crippen molar-refractivity contribution in [1.29, 1.82) is 5.26 Å². The maximum absolute atomic E-state index is 11.8.